The highest BCUT2D eigenvalue weighted by Gasteiger charge is 2.34. The van der Waals surface area contributed by atoms with Gasteiger partial charge in [0.2, 0.25) is 5.89 Å². The zero-order valence-corrected chi connectivity index (χ0v) is 13.1. The molecule has 22 heavy (non-hydrogen) atoms. The zero-order chi connectivity index (χ0) is 15.2. The highest BCUT2D eigenvalue weighted by Crippen LogP contribution is 2.36. The predicted octanol–water partition coefficient (Wildman–Crippen LogP) is 2.44. The number of aromatic nitrogens is 2. The van der Waals surface area contributed by atoms with Gasteiger partial charge in [-0.25, -0.2) is 8.42 Å². The molecule has 0 N–H and O–H groups in total. The molecular formula is C16H18N2O3S. The number of aryl methyl sites for hydroxylation is 1. The van der Waals surface area contributed by atoms with Crippen LogP contribution in [0.3, 0.4) is 0 Å². The highest BCUT2D eigenvalue weighted by atomic mass is 32.2. The van der Waals surface area contributed by atoms with Crippen LogP contribution in [0.5, 0.6) is 0 Å². The van der Waals surface area contributed by atoms with Crippen LogP contribution in [-0.4, -0.2) is 30.1 Å². The van der Waals surface area contributed by atoms with Crippen LogP contribution in [0, 0.1) is 0 Å². The second-order valence-corrected chi connectivity index (χ2v) is 8.46. The van der Waals surface area contributed by atoms with E-state index in [2.05, 4.69) is 28.3 Å². The standard InChI is InChI=1S/C16H18N2O3S/c19-22(20)9-8-12(10-22)16-17-15(18-21-16)14-7-3-5-11-4-1-2-6-13(11)14/h1-2,4,6,12,14H,3,5,7-10H2/t12-,14-/m1/s1. The van der Waals surface area contributed by atoms with Crippen molar-refractivity contribution in [3.63, 3.8) is 0 Å². The lowest BCUT2D eigenvalue weighted by molar-refractivity contribution is 0.353. The van der Waals surface area contributed by atoms with E-state index in [0.717, 1.165) is 19.3 Å². The first-order valence-corrected chi connectivity index (χ1v) is 9.56. The quantitative estimate of drug-likeness (QED) is 0.850. The second-order valence-electron chi connectivity index (χ2n) is 6.23. The van der Waals surface area contributed by atoms with Crippen molar-refractivity contribution in [3.8, 4) is 0 Å². The molecule has 1 aromatic heterocycles. The van der Waals surface area contributed by atoms with Gasteiger partial charge in [-0.2, -0.15) is 4.98 Å². The van der Waals surface area contributed by atoms with Gasteiger partial charge in [-0.3, -0.25) is 0 Å². The Labute approximate surface area is 129 Å². The fourth-order valence-electron chi connectivity index (χ4n) is 3.57. The highest BCUT2D eigenvalue weighted by molar-refractivity contribution is 7.91. The lowest BCUT2D eigenvalue weighted by Gasteiger charge is -2.22. The summed E-state index contributed by atoms with van der Waals surface area (Å²) in [5.74, 6) is 1.58. The molecule has 0 saturated carbocycles. The predicted molar refractivity (Wildman–Crippen MR) is 81.5 cm³/mol. The van der Waals surface area contributed by atoms with Crippen LogP contribution >= 0.6 is 0 Å². The van der Waals surface area contributed by atoms with E-state index in [4.69, 9.17) is 4.52 Å². The van der Waals surface area contributed by atoms with Crippen LogP contribution in [0.1, 0.15) is 53.9 Å². The monoisotopic (exact) mass is 318 g/mol. The molecular weight excluding hydrogens is 300 g/mol. The first-order chi connectivity index (χ1) is 10.6. The summed E-state index contributed by atoms with van der Waals surface area (Å²) in [6, 6.07) is 8.40. The molecule has 2 atom stereocenters. The van der Waals surface area contributed by atoms with Gasteiger partial charge in [0, 0.05) is 5.92 Å². The van der Waals surface area contributed by atoms with Gasteiger partial charge in [0.05, 0.1) is 17.4 Å². The van der Waals surface area contributed by atoms with Gasteiger partial charge in [-0.1, -0.05) is 29.4 Å². The van der Waals surface area contributed by atoms with Crippen LogP contribution in [0.4, 0.5) is 0 Å². The minimum absolute atomic E-state index is 0.134. The molecule has 0 amide bonds. The van der Waals surface area contributed by atoms with Gasteiger partial charge in [0.25, 0.3) is 0 Å². The summed E-state index contributed by atoms with van der Waals surface area (Å²) in [7, 11) is -2.94. The van der Waals surface area contributed by atoms with Gasteiger partial charge in [-0.05, 0) is 36.8 Å². The molecule has 116 valence electrons. The number of nitrogens with zero attached hydrogens (tertiary/aromatic N) is 2. The largest absolute Gasteiger partial charge is 0.339 e. The minimum Gasteiger partial charge on any atom is -0.339 e. The van der Waals surface area contributed by atoms with Crippen LogP contribution in [0.15, 0.2) is 28.8 Å². The van der Waals surface area contributed by atoms with E-state index >= 15 is 0 Å². The Kier molecular flexibility index (Phi) is 3.29. The molecule has 0 unspecified atom stereocenters. The summed E-state index contributed by atoms with van der Waals surface area (Å²) in [6.07, 6.45) is 3.81. The Morgan fingerprint density at radius 3 is 2.86 bits per heavy atom. The van der Waals surface area contributed by atoms with Crippen molar-refractivity contribution in [2.75, 3.05) is 11.5 Å². The molecule has 1 aliphatic carbocycles. The summed E-state index contributed by atoms with van der Waals surface area (Å²) >= 11 is 0. The average molecular weight is 318 g/mol. The molecule has 5 nitrogen and oxygen atoms in total. The SMILES string of the molecule is O=S1(=O)CC[C@@H](c2nc([C@@H]3CCCc4ccccc43)no2)C1. The van der Waals surface area contributed by atoms with Crippen LogP contribution in [0.25, 0.3) is 0 Å². The maximum Gasteiger partial charge on any atom is 0.230 e. The van der Waals surface area contributed by atoms with E-state index in [0.29, 0.717) is 18.1 Å². The summed E-state index contributed by atoms with van der Waals surface area (Å²) in [5.41, 5.74) is 2.63. The lowest BCUT2D eigenvalue weighted by Crippen LogP contribution is -2.12. The Bertz CT molecular complexity index is 797. The van der Waals surface area contributed by atoms with Crippen molar-refractivity contribution in [1.29, 1.82) is 0 Å². The molecule has 4 rings (SSSR count). The van der Waals surface area contributed by atoms with E-state index in [1.165, 1.54) is 11.1 Å². The summed E-state index contributed by atoms with van der Waals surface area (Å²) in [4.78, 5) is 4.54. The van der Waals surface area contributed by atoms with E-state index < -0.39 is 9.84 Å². The summed E-state index contributed by atoms with van der Waals surface area (Å²) in [6.45, 7) is 0. The minimum atomic E-state index is -2.94. The number of sulfone groups is 1. The van der Waals surface area contributed by atoms with Crippen molar-refractivity contribution >= 4 is 9.84 Å². The number of rotatable bonds is 2. The fraction of sp³-hybridized carbons (Fsp3) is 0.500. The molecule has 2 aromatic rings. The molecule has 0 radical (unpaired) electrons. The van der Waals surface area contributed by atoms with Crippen LogP contribution in [0.2, 0.25) is 0 Å². The van der Waals surface area contributed by atoms with E-state index in [1.807, 2.05) is 6.07 Å². The maximum absolute atomic E-state index is 11.6. The first-order valence-electron chi connectivity index (χ1n) is 7.74. The van der Waals surface area contributed by atoms with E-state index in [1.54, 1.807) is 0 Å². The van der Waals surface area contributed by atoms with E-state index in [9.17, 15) is 8.42 Å². The Hall–Kier alpha value is -1.69. The smallest absolute Gasteiger partial charge is 0.230 e. The molecule has 2 heterocycles. The van der Waals surface area contributed by atoms with Gasteiger partial charge in [0.15, 0.2) is 15.7 Å². The van der Waals surface area contributed by atoms with Crippen molar-refractivity contribution in [2.24, 2.45) is 0 Å². The van der Waals surface area contributed by atoms with Gasteiger partial charge >= 0.3 is 0 Å². The molecule has 1 aliphatic heterocycles. The fourth-order valence-corrected chi connectivity index (χ4v) is 5.30. The average Bonchev–Trinajstić information content (AvgIpc) is 3.13. The molecule has 6 heteroatoms. The zero-order valence-electron chi connectivity index (χ0n) is 12.2. The Morgan fingerprint density at radius 1 is 1.18 bits per heavy atom. The van der Waals surface area contributed by atoms with Gasteiger partial charge < -0.3 is 4.52 Å². The number of hydrogen-bond acceptors (Lipinski definition) is 5. The van der Waals surface area contributed by atoms with Gasteiger partial charge in [0.1, 0.15) is 0 Å². The second kappa shape index (κ2) is 5.19. The third kappa shape index (κ3) is 2.45. The van der Waals surface area contributed by atoms with Gasteiger partial charge in [-0.15, -0.1) is 0 Å². The van der Waals surface area contributed by atoms with Crippen LogP contribution < -0.4 is 0 Å². The molecule has 2 aliphatic rings. The maximum atomic E-state index is 11.6. The topological polar surface area (TPSA) is 73.1 Å². The molecule has 0 bridgehead atoms. The molecule has 1 fully saturated rings. The number of fused-ring (bicyclic) bond motifs is 1. The summed E-state index contributed by atoms with van der Waals surface area (Å²) < 4.78 is 28.6. The first kappa shape index (κ1) is 13.9. The Morgan fingerprint density at radius 2 is 2.05 bits per heavy atom. The number of hydrogen-bond donors (Lipinski definition) is 0. The number of benzene rings is 1. The molecule has 0 spiro atoms. The van der Waals surface area contributed by atoms with Crippen LogP contribution in [-0.2, 0) is 16.3 Å². The molecule has 1 aromatic carbocycles. The Balaban J connectivity index is 1.63. The summed E-state index contributed by atoms with van der Waals surface area (Å²) in [5, 5.41) is 4.15. The van der Waals surface area contributed by atoms with Crippen molar-refractivity contribution in [3.05, 3.63) is 47.1 Å². The third-order valence-electron chi connectivity index (χ3n) is 4.72. The van der Waals surface area contributed by atoms with Crippen molar-refractivity contribution in [2.45, 2.75) is 37.5 Å². The third-order valence-corrected chi connectivity index (χ3v) is 6.49. The lowest BCUT2D eigenvalue weighted by atomic mass is 9.82. The van der Waals surface area contributed by atoms with E-state index in [-0.39, 0.29) is 23.3 Å². The molecule has 1 saturated heterocycles. The van der Waals surface area contributed by atoms with Crippen molar-refractivity contribution in [1.82, 2.24) is 10.1 Å². The van der Waals surface area contributed by atoms with Crippen molar-refractivity contribution < 1.29 is 12.9 Å². The normalized spacial score (nSPS) is 26.7.